The van der Waals surface area contributed by atoms with Crippen molar-refractivity contribution in [3.05, 3.63) is 48.8 Å². The number of nitrogens with zero attached hydrogens (tertiary/aromatic N) is 6. The van der Waals surface area contributed by atoms with Crippen molar-refractivity contribution in [2.45, 2.75) is 19.6 Å². The molecule has 2 fully saturated rings. The van der Waals surface area contributed by atoms with Crippen LogP contribution in [-0.2, 0) is 4.79 Å². The van der Waals surface area contributed by atoms with E-state index < -0.39 is 0 Å². The maximum atomic E-state index is 11.6. The number of ether oxygens (including phenoxy) is 1. The van der Waals surface area contributed by atoms with E-state index in [2.05, 4.69) is 31.9 Å². The molecule has 0 spiro atoms. The smallest absolute Gasteiger partial charge is 0.259 e. The molecule has 1 aromatic carbocycles. The third kappa shape index (κ3) is 3.49. The van der Waals surface area contributed by atoms with E-state index in [4.69, 9.17) is 9.72 Å². The van der Waals surface area contributed by atoms with Crippen LogP contribution in [0.5, 0.6) is 5.88 Å². The molecule has 2 saturated heterocycles. The first-order valence-corrected chi connectivity index (χ1v) is 10.3. The van der Waals surface area contributed by atoms with Crippen LogP contribution in [0.4, 0.5) is 11.6 Å². The zero-order valence-electron chi connectivity index (χ0n) is 16.9. The number of carbonyl (C=O) groups excluding carboxylic acids is 1. The highest BCUT2D eigenvalue weighted by molar-refractivity contribution is 5.80. The van der Waals surface area contributed by atoms with Gasteiger partial charge in [0.25, 0.3) is 5.88 Å². The minimum absolute atomic E-state index is 0.110. The summed E-state index contributed by atoms with van der Waals surface area (Å²) >= 11 is 0. The second kappa shape index (κ2) is 7.78. The van der Waals surface area contributed by atoms with Gasteiger partial charge in [-0.05, 0) is 18.2 Å². The summed E-state index contributed by atoms with van der Waals surface area (Å²) in [5, 5.41) is 1.13. The van der Waals surface area contributed by atoms with Crippen LogP contribution in [0.25, 0.3) is 10.9 Å². The number of hydrogen-bond acceptors (Lipinski definition) is 7. The van der Waals surface area contributed by atoms with Gasteiger partial charge in [0.05, 0.1) is 5.52 Å². The molecule has 1 amide bonds. The van der Waals surface area contributed by atoms with Crippen LogP contribution >= 0.6 is 0 Å². The molecule has 0 saturated carbocycles. The molecule has 4 heterocycles. The molecule has 0 aliphatic carbocycles. The fraction of sp³-hybridized carbons (Fsp3) is 0.364. The summed E-state index contributed by atoms with van der Waals surface area (Å²) in [6.45, 7) is 5.30. The van der Waals surface area contributed by atoms with Gasteiger partial charge in [-0.3, -0.25) is 4.79 Å². The van der Waals surface area contributed by atoms with Crippen molar-refractivity contribution < 1.29 is 9.53 Å². The minimum Gasteiger partial charge on any atom is -0.451 e. The van der Waals surface area contributed by atoms with E-state index in [0.717, 1.165) is 48.6 Å². The first-order chi connectivity index (χ1) is 14.7. The molecule has 0 N–H and O–H groups in total. The van der Waals surface area contributed by atoms with Gasteiger partial charge in [0.1, 0.15) is 5.82 Å². The molecule has 3 aromatic rings. The van der Waals surface area contributed by atoms with Crippen molar-refractivity contribution in [2.75, 3.05) is 42.5 Å². The molecule has 0 radical (unpaired) electrons. The third-order valence-electron chi connectivity index (χ3n) is 5.76. The van der Waals surface area contributed by atoms with Gasteiger partial charge in [0.15, 0.2) is 12.0 Å². The van der Waals surface area contributed by atoms with Crippen molar-refractivity contribution in [1.82, 2.24) is 19.9 Å². The number of rotatable bonds is 4. The average molecular weight is 404 g/mol. The summed E-state index contributed by atoms with van der Waals surface area (Å²) in [6, 6.07) is 12.2. The van der Waals surface area contributed by atoms with Crippen LogP contribution in [0.2, 0.25) is 0 Å². The maximum absolute atomic E-state index is 11.6. The molecular weight excluding hydrogens is 380 g/mol. The number of pyridine rings is 1. The number of hydrogen-bond donors (Lipinski definition) is 0. The Labute approximate surface area is 175 Å². The van der Waals surface area contributed by atoms with E-state index in [-0.39, 0.29) is 12.1 Å². The minimum atomic E-state index is -0.118. The number of piperazine rings is 1. The summed E-state index contributed by atoms with van der Waals surface area (Å²) in [6.07, 6.45) is 4.13. The number of aromatic nitrogens is 3. The van der Waals surface area contributed by atoms with Crippen molar-refractivity contribution in [3.8, 4) is 5.88 Å². The van der Waals surface area contributed by atoms with Crippen LogP contribution in [0, 0.1) is 0 Å². The van der Waals surface area contributed by atoms with E-state index in [1.807, 2.05) is 29.2 Å². The van der Waals surface area contributed by atoms with Gasteiger partial charge in [-0.2, -0.15) is 0 Å². The van der Waals surface area contributed by atoms with Crippen LogP contribution < -0.4 is 14.5 Å². The lowest BCUT2D eigenvalue weighted by molar-refractivity contribution is -0.129. The number of anilines is 2. The molecule has 8 nitrogen and oxygen atoms in total. The SMILES string of the molecule is CC(=O)N1CCN(c2nccnc2OC2CCN2c2ccc3ccccc3n2)CC1. The zero-order chi connectivity index (χ0) is 20.5. The van der Waals surface area contributed by atoms with Gasteiger partial charge in [-0.15, -0.1) is 0 Å². The molecule has 30 heavy (non-hydrogen) atoms. The first kappa shape index (κ1) is 18.6. The highest BCUT2D eigenvalue weighted by Crippen LogP contribution is 2.31. The normalized spacial score (nSPS) is 19.0. The quantitative estimate of drug-likeness (QED) is 0.661. The predicted octanol–water partition coefficient (Wildman–Crippen LogP) is 2.31. The highest BCUT2D eigenvalue weighted by atomic mass is 16.5. The van der Waals surface area contributed by atoms with Crippen molar-refractivity contribution in [3.63, 3.8) is 0 Å². The molecule has 0 bridgehead atoms. The fourth-order valence-electron chi connectivity index (χ4n) is 3.94. The molecule has 2 aromatic heterocycles. The second-order valence-corrected chi connectivity index (χ2v) is 7.59. The van der Waals surface area contributed by atoms with Crippen LogP contribution in [-0.4, -0.2) is 64.7 Å². The molecule has 1 unspecified atom stereocenters. The lowest BCUT2D eigenvalue weighted by atomic mass is 10.1. The Balaban J connectivity index is 1.32. The number of benzene rings is 1. The second-order valence-electron chi connectivity index (χ2n) is 7.59. The first-order valence-electron chi connectivity index (χ1n) is 10.3. The van der Waals surface area contributed by atoms with E-state index >= 15 is 0 Å². The Morgan fingerprint density at radius 2 is 1.80 bits per heavy atom. The van der Waals surface area contributed by atoms with E-state index in [1.165, 1.54) is 0 Å². The molecular formula is C22H24N6O2. The third-order valence-corrected chi connectivity index (χ3v) is 5.76. The van der Waals surface area contributed by atoms with Crippen LogP contribution in [0.15, 0.2) is 48.8 Å². The van der Waals surface area contributed by atoms with Gasteiger partial charge in [-0.25, -0.2) is 15.0 Å². The molecule has 8 heteroatoms. The zero-order valence-corrected chi connectivity index (χ0v) is 16.9. The standard InChI is InChI=1S/C22H24N6O2/c1-16(29)26-12-14-27(15-13-26)21-22(24-10-9-23-21)30-20-8-11-28(20)19-7-6-17-4-2-3-5-18(17)25-19/h2-7,9-10,20H,8,11-15H2,1H3. The average Bonchev–Trinajstić information content (AvgIpc) is 2.77. The Bertz CT molecular complexity index is 1070. The predicted molar refractivity (Wildman–Crippen MR) is 115 cm³/mol. The summed E-state index contributed by atoms with van der Waals surface area (Å²) < 4.78 is 6.28. The number of para-hydroxylation sites is 1. The van der Waals surface area contributed by atoms with Crippen LogP contribution in [0.1, 0.15) is 13.3 Å². The Morgan fingerprint density at radius 3 is 2.57 bits per heavy atom. The van der Waals surface area contributed by atoms with E-state index in [1.54, 1.807) is 19.3 Å². The van der Waals surface area contributed by atoms with E-state index in [0.29, 0.717) is 19.0 Å². The highest BCUT2D eigenvalue weighted by Gasteiger charge is 2.33. The molecule has 1 atom stereocenters. The monoisotopic (exact) mass is 404 g/mol. The summed E-state index contributed by atoms with van der Waals surface area (Å²) in [5.74, 6) is 2.28. The Hall–Kier alpha value is -3.42. The van der Waals surface area contributed by atoms with Gasteiger partial charge >= 0.3 is 0 Å². The van der Waals surface area contributed by atoms with Crippen molar-refractivity contribution in [1.29, 1.82) is 0 Å². The number of amides is 1. The summed E-state index contributed by atoms with van der Waals surface area (Å²) in [4.78, 5) is 31.5. The van der Waals surface area contributed by atoms with Crippen molar-refractivity contribution >= 4 is 28.4 Å². The maximum Gasteiger partial charge on any atom is 0.259 e. The topological polar surface area (TPSA) is 74.7 Å². The molecule has 2 aliphatic heterocycles. The fourth-order valence-corrected chi connectivity index (χ4v) is 3.94. The molecule has 2 aliphatic rings. The van der Waals surface area contributed by atoms with Gasteiger partial charge in [0, 0.05) is 63.8 Å². The largest absolute Gasteiger partial charge is 0.451 e. The van der Waals surface area contributed by atoms with Gasteiger partial charge in [0.2, 0.25) is 5.91 Å². The Kier molecular flexibility index (Phi) is 4.82. The van der Waals surface area contributed by atoms with Crippen molar-refractivity contribution in [2.24, 2.45) is 0 Å². The lowest BCUT2D eigenvalue weighted by Crippen LogP contribution is -2.52. The van der Waals surface area contributed by atoms with Gasteiger partial charge in [-0.1, -0.05) is 18.2 Å². The van der Waals surface area contributed by atoms with Crippen LogP contribution in [0.3, 0.4) is 0 Å². The number of fused-ring (bicyclic) bond motifs is 1. The summed E-state index contributed by atoms with van der Waals surface area (Å²) in [5.41, 5.74) is 0.976. The Morgan fingerprint density at radius 1 is 1.00 bits per heavy atom. The van der Waals surface area contributed by atoms with E-state index in [9.17, 15) is 4.79 Å². The molecule has 5 rings (SSSR count). The number of carbonyl (C=O) groups is 1. The lowest BCUT2D eigenvalue weighted by Gasteiger charge is -2.41. The summed E-state index contributed by atoms with van der Waals surface area (Å²) in [7, 11) is 0. The molecule has 154 valence electrons. The van der Waals surface area contributed by atoms with Gasteiger partial charge < -0.3 is 19.4 Å².